The molecular formula is C16H27N3O2. The third-order valence-corrected chi connectivity index (χ3v) is 3.85. The normalized spacial score (nSPS) is 18.9. The van der Waals surface area contributed by atoms with Crippen molar-refractivity contribution in [2.75, 3.05) is 40.3 Å². The van der Waals surface area contributed by atoms with Gasteiger partial charge in [-0.15, -0.1) is 0 Å². The standard InChI is InChI=1S/C16H27N3O2/c1-18(2)9-5-11-21-15-7-4-10-19(16(15)20)13-14-6-3-8-17-12-14/h4,7,10,14,17H,3,5-6,8-9,11-13H2,1-2H3. The SMILES string of the molecule is CN(C)CCCOc1cccn(CC2CCCNC2)c1=O. The summed E-state index contributed by atoms with van der Waals surface area (Å²) in [5.41, 5.74) is -0.00655. The maximum Gasteiger partial charge on any atom is 0.292 e. The molecular weight excluding hydrogens is 266 g/mol. The lowest BCUT2D eigenvalue weighted by Gasteiger charge is -2.23. The van der Waals surface area contributed by atoms with Gasteiger partial charge in [-0.1, -0.05) is 0 Å². The van der Waals surface area contributed by atoms with Crippen LogP contribution in [0.5, 0.6) is 5.75 Å². The Morgan fingerprint density at radius 1 is 1.48 bits per heavy atom. The van der Waals surface area contributed by atoms with E-state index in [1.807, 2.05) is 26.4 Å². The summed E-state index contributed by atoms with van der Waals surface area (Å²) in [7, 11) is 4.07. The lowest BCUT2D eigenvalue weighted by Crippen LogP contribution is -2.34. The smallest absolute Gasteiger partial charge is 0.292 e. The van der Waals surface area contributed by atoms with E-state index in [9.17, 15) is 4.79 Å². The van der Waals surface area contributed by atoms with Crippen molar-refractivity contribution in [3.05, 3.63) is 28.7 Å². The van der Waals surface area contributed by atoms with Crippen LogP contribution in [0.3, 0.4) is 0 Å². The first-order chi connectivity index (χ1) is 10.2. The van der Waals surface area contributed by atoms with E-state index >= 15 is 0 Å². The van der Waals surface area contributed by atoms with Gasteiger partial charge >= 0.3 is 0 Å². The maximum absolute atomic E-state index is 12.4. The van der Waals surface area contributed by atoms with E-state index in [4.69, 9.17) is 4.74 Å². The van der Waals surface area contributed by atoms with Crippen LogP contribution in [0.25, 0.3) is 0 Å². The van der Waals surface area contributed by atoms with Gasteiger partial charge in [0.1, 0.15) is 0 Å². The number of ether oxygens (including phenoxy) is 1. The summed E-state index contributed by atoms with van der Waals surface area (Å²) in [5.74, 6) is 1.01. The zero-order valence-electron chi connectivity index (χ0n) is 13.2. The van der Waals surface area contributed by atoms with E-state index in [1.165, 1.54) is 12.8 Å². The van der Waals surface area contributed by atoms with Crippen molar-refractivity contribution in [3.63, 3.8) is 0 Å². The average Bonchev–Trinajstić information content (AvgIpc) is 2.48. The molecule has 0 radical (unpaired) electrons. The predicted octanol–water partition coefficient (Wildman–Crippen LogP) is 1.18. The van der Waals surface area contributed by atoms with E-state index in [2.05, 4.69) is 10.2 Å². The van der Waals surface area contributed by atoms with Crippen LogP contribution in [-0.2, 0) is 6.54 Å². The Morgan fingerprint density at radius 2 is 2.33 bits per heavy atom. The summed E-state index contributed by atoms with van der Waals surface area (Å²) in [6.45, 7) is 4.43. The number of rotatable bonds is 7. The summed E-state index contributed by atoms with van der Waals surface area (Å²) in [6, 6.07) is 3.67. The molecule has 118 valence electrons. The van der Waals surface area contributed by atoms with E-state index in [0.29, 0.717) is 18.3 Å². The van der Waals surface area contributed by atoms with Crippen LogP contribution in [-0.4, -0.2) is 49.8 Å². The van der Waals surface area contributed by atoms with Crippen molar-refractivity contribution in [2.45, 2.75) is 25.8 Å². The molecule has 5 heteroatoms. The summed E-state index contributed by atoms with van der Waals surface area (Å²) >= 11 is 0. The second kappa shape index (κ2) is 8.20. The van der Waals surface area contributed by atoms with Crippen LogP contribution in [0.2, 0.25) is 0 Å². The molecule has 1 aromatic rings. The molecule has 5 nitrogen and oxygen atoms in total. The highest BCUT2D eigenvalue weighted by Crippen LogP contribution is 2.12. The van der Waals surface area contributed by atoms with Crippen molar-refractivity contribution in [1.82, 2.24) is 14.8 Å². The maximum atomic E-state index is 12.4. The molecule has 0 saturated carbocycles. The van der Waals surface area contributed by atoms with Gasteiger partial charge in [0, 0.05) is 19.3 Å². The molecule has 1 aliphatic rings. The molecule has 2 heterocycles. The molecule has 0 aromatic carbocycles. The lowest BCUT2D eigenvalue weighted by atomic mass is 10.00. The third kappa shape index (κ3) is 5.17. The minimum absolute atomic E-state index is 0.00655. The predicted molar refractivity (Wildman–Crippen MR) is 85.0 cm³/mol. The van der Waals surface area contributed by atoms with Crippen LogP contribution >= 0.6 is 0 Å². The summed E-state index contributed by atoms with van der Waals surface area (Å²) < 4.78 is 7.43. The Hall–Kier alpha value is -1.33. The minimum Gasteiger partial charge on any atom is -0.488 e. The number of piperidine rings is 1. The number of nitrogens with zero attached hydrogens (tertiary/aromatic N) is 2. The number of hydrogen-bond donors (Lipinski definition) is 1. The lowest BCUT2D eigenvalue weighted by molar-refractivity contribution is 0.274. The highest BCUT2D eigenvalue weighted by Gasteiger charge is 2.15. The Balaban J connectivity index is 1.90. The summed E-state index contributed by atoms with van der Waals surface area (Å²) in [6.07, 6.45) is 5.17. The largest absolute Gasteiger partial charge is 0.488 e. The molecule has 1 saturated heterocycles. The van der Waals surface area contributed by atoms with Crippen molar-refractivity contribution in [2.24, 2.45) is 5.92 Å². The highest BCUT2D eigenvalue weighted by molar-refractivity contribution is 5.17. The van der Waals surface area contributed by atoms with Gasteiger partial charge in [-0.3, -0.25) is 4.79 Å². The molecule has 1 fully saturated rings. The average molecular weight is 293 g/mol. The van der Waals surface area contributed by atoms with Gasteiger partial charge < -0.3 is 19.5 Å². The second-order valence-corrected chi connectivity index (χ2v) is 6.05. The van der Waals surface area contributed by atoms with Crippen molar-refractivity contribution >= 4 is 0 Å². The van der Waals surface area contributed by atoms with Crippen molar-refractivity contribution in [1.29, 1.82) is 0 Å². The summed E-state index contributed by atoms with van der Waals surface area (Å²) in [4.78, 5) is 14.5. The highest BCUT2D eigenvalue weighted by atomic mass is 16.5. The topological polar surface area (TPSA) is 46.5 Å². The minimum atomic E-state index is -0.00655. The zero-order chi connectivity index (χ0) is 15.1. The first-order valence-corrected chi connectivity index (χ1v) is 7.84. The number of aromatic nitrogens is 1. The van der Waals surface area contributed by atoms with Crippen molar-refractivity contribution in [3.8, 4) is 5.75 Å². The van der Waals surface area contributed by atoms with Crippen LogP contribution in [0.4, 0.5) is 0 Å². The molecule has 2 rings (SSSR count). The first kappa shape index (κ1) is 16.0. The van der Waals surface area contributed by atoms with Gasteiger partial charge in [-0.05, 0) is 64.5 Å². The fourth-order valence-electron chi connectivity index (χ4n) is 2.69. The van der Waals surface area contributed by atoms with Crippen LogP contribution in [0, 0.1) is 5.92 Å². The van der Waals surface area contributed by atoms with Gasteiger partial charge in [-0.25, -0.2) is 0 Å². The molecule has 1 aromatic heterocycles. The fraction of sp³-hybridized carbons (Fsp3) is 0.688. The molecule has 1 N–H and O–H groups in total. The monoisotopic (exact) mass is 293 g/mol. The van der Waals surface area contributed by atoms with E-state index in [0.717, 1.165) is 32.6 Å². The van der Waals surface area contributed by atoms with E-state index < -0.39 is 0 Å². The molecule has 21 heavy (non-hydrogen) atoms. The van der Waals surface area contributed by atoms with Gasteiger partial charge in [0.2, 0.25) is 0 Å². The van der Waals surface area contributed by atoms with Crippen LogP contribution in [0.15, 0.2) is 23.1 Å². The first-order valence-electron chi connectivity index (χ1n) is 7.84. The fourth-order valence-corrected chi connectivity index (χ4v) is 2.69. The molecule has 1 atom stereocenters. The molecule has 0 bridgehead atoms. The zero-order valence-corrected chi connectivity index (χ0v) is 13.2. The molecule has 1 unspecified atom stereocenters. The van der Waals surface area contributed by atoms with E-state index in [1.54, 1.807) is 10.6 Å². The number of nitrogens with one attached hydrogen (secondary N) is 1. The number of pyridine rings is 1. The second-order valence-electron chi connectivity index (χ2n) is 6.05. The van der Waals surface area contributed by atoms with Gasteiger partial charge in [-0.2, -0.15) is 0 Å². The molecule has 0 amide bonds. The van der Waals surface area contributed by atoms with Crippen molar-refractivity contribution < 1.29 is 4.74 Å². The van der Waals surface area contributed by atoms with Gasteiger partial charge in [0.05, 0.1) is 6.61 Å². The Morgan fingerprint density at radius 3 is 3.05 bits per heavy atom. The third-order valence-electron chi connectivity index (χ3n) is 3.85. The Kier molecular flexibility index (Phi) is 6.26. The molecule has 0 spiro atoms. The summed E-state index contributed by atoms with van der Waals surface area (Å²) in [5, 5.41) is 3.39. The van der Waals surface area contributed by atoms with E-state index in [-0.39, 0.29) is 5.56 Å². The molecule has 0 aliphatic carbocycles. The number of hydrogen-bond acceptors (Lipinski definition) is 4. The van der Waals surface area contributed by atoms with Gasteiger partial charge in [0.15, 0.2) is 5.75 Å². The Labute approximate surface area is 126 Å². The van der Waals surface area contributed by atoms with Gasteiger partial charge in [0.25, 0.3) is 5.56 Å². The van der Waals surface area contributed by atoms with Crippen LogP contribution in [0.1, 0.15) is 19.3 Å². The quantitative estimate of drug-likeness (QED) is 0.767. The van der Waals surface area contributed by atoms with Crippen LogP contribution < -0.4 is 15.6 Å². The molecule has 1 aliphatic heterocycles. The Bertz CT molecular complexity index is 479.